The van der Waals surface area contributed by atoms with Gasteiger partial charge in [-0.05, 0) is 36.1 Å². The quantitative estimate of drug-likeness (QED) is 0.390. The molecule has 0 aromatic heterocycles. The Hall–Kier alpha value is -3.48. The molecule has 1 saturated heterocycles. The minimum atomic E-state index is -0.602. The highest BCUT2D eigenvalue weighted by atomic mass is 16.5. The number of carbonyl (C=O) groups is 4. The molecule has 2 aromatic rings. The number of rotatable bonds is 9. The third-order valence-electron chi connectivity index (χ3n) is 4.83. The first-order chi connectivity index (χ1) is 14.5. The predicted octanol–water partition coefficient (Wildman–Crippen LogP) is 2.24. The number of aryl methyl sites for hydroxylation is 1. The van der Waals surface area contributed by atoms with E-state index in [-0.39, 0.29) is 43.7 Å². The molecule has 0 saturated carbocycles. The molecular formula is C23H24N2O5. The lowest BCUT2D eigenvalue weighted by atomic mass is 10.1. The lowest BCUT2D eigenvalue weighted by Crippen LogP contribution is -2.30. The van der Waals surface area contributed by atoms with E-state index in [1.807, 2.05) is 30.3 Å². The van der Waals surface area contributed by atoms with E-state index < -0.39 is 5.97 Å². The van der Waals surface area contributed by atoms with Gasteiger partial charge in [0.25, 0.3) is 5.91 Å². The molecule has 1 N–H and O–H groups in total. The zero-order chi connectivity index (χ0) is 21.3. The van der Waals surface area contributed by atoms with Gasteiger partial charge in [-0.2, -0.15) is 0 Å². The second-order valence-electron chi connectivity index (χ2n) is 7.09. The Morgan fingerprint density at radius 2 is 1.57 bits per heavy atom. The van der Waals surface area contributed by atoms with Crippen LogP contribution in [0.3, 0.4) is 0 Å². The number of hydrogen-bond acceptors (Lipinski definition) is 5. The van der Waals surface area contributed by atoms with E-state index in [2.05, 4.69) is 5.32 Å². The number of benzene rings is 2. The molecule has 0 radical (unpaired) electrons. The van der Waals surface area contributed by atoms with Crippen molar-refractivity contribution in [2.24, 2.45) is 0 Å². The van der Waals surface area contributed by atoms with Gasteiger partial charge in [0.1, 0.15) is 0 Å². The molecule has 0 aliphatic carbocycles. The summed E-state index contributed by atoms with van der Waals surface area (Å²) in [6.45, 7) is 0.356. The van der Waals surface area contributed by atoms with Crippen molar-refractivity contribution in [1.82, 2.24) is 10.2 Å². The molecule has 0 bridgehead atoms. The van der Waals surface area contributed by atoms with Gasteiger partial charge in [-0.3, -0.25) is 19.3 Å². The van der Waals surface area contributed by atoms with Crippen LogP contribution in [0.1, 0.15) is 40.7 Å². The highest BCUT2D eigenvalue weighted by molar-refractivity contribution is 6.01. The molecule has 1 aliphatic rings. The number of nitrogens with one attached hydrogen (secondary N) is 1. The van der Waals surface area contributed by atoms with Crippen LogP contribution in [0.2, 0.25) is 0 Å². The molecule has 1 fully saturated rings. The molecule has 3 amide bonds. The number of carbonyl (C=O) groups excluding carboxylic acids is 4. The lowest BCUT2D eigenvalue weighted by molar-refractivity contribution is -0.139. The van der Waals surface area contributed by atoms with Crippen LogP contribution in [-0.2, 0) is 32.1 Å². The third kappa shape index (κ3) is 6.01. The fraction of sp³-hybridized carbons (Fsp3) is 0.304. The molecule has 7 nitrogen and oxygen atoms in total. The summed E-state index contributed by atoms with van der Waals surface area (Å²) in [6.07, 6.45) is 2.16. The molecule has 0 spiro atoms. The predicted molar refractivity (Wildman–Crippen MR) is 109 cm³/mol. The Kier molecular flexibility index (Phi) is 7.32. The molecule has 1 heterocycles. The fourth-order valence-corrected chi connectivity index (χ4v) is 3.16. The molecule has 2 aromatic carbocycles. The SMILES string of the molecule is O=C(COC(=O)c1ccc(CN2C(=O)CCC2=O)cc1)NCCCc1ccccc1. The van der Waals surface area contributed by atoms with Crippen LogP contribution in [0.25, 0.3) is 0 Å². The molecular weight excluding hydrogens is 384 g/mol. The molecule has 0 atom stereocenters. The van der Waals surface area contributed by atoms with Gasteiger partial charge >= 0.3 is 5.97 Å². The summed E-state index contributed by atoms with van der Waals surface area (Å²) in [5, 5.41) is 2.73. The van der Waals surface area contributed by atoms with E-state index in [0.717, 1.165) is 18.4 Å². The maximum atomic E-state index is 12.1. The maximum absolute atomic E-state index is 12.1. The Morgan fingerprint density at radius 3 is 2.23 bits per heavy atom. The van der Waals surface area contributed by atoms with E-state index in [1.165, 1.54) is 10.5 Å². The largest absolute Gasteiger partial charge is 0.452 e. The van der Waals surface area contributed by atoms with E-state index in [1.54, 1.807) is 24.3 Å². The van der Waals surface area contributed by atoms with Crippen molar-refractivity contribution >= 4 is 23.7 Å². The maximum Gasteiger partial charge on any atom is 0.338 e. The Bertz CT molecular complexity index is 893. The summed E-state index contributed by atoms with van der Waals surface area (Å²) >= 11 is 0. The number of nitrogens with zero attached hydrogens (tertiary/aromatic N) is 1. The molecule has 0 unspecified atom stereocenters. The van der Waals surface area contributed by atoms with Gasteiger partial charge in [0.05, 0.1) is 12.1 Å². The monoisotopic (exact) mass is 408 g/mol. The van der Waals surface area contributed by atoms with E-state index >= 15 is 0 Å². The van der Waals surface area contributed by atoms with Crippen molar-refractivity contribution in [3.8, 4) is 0 Å². The van der Waals surface area contributed by atoms with Crippen molar-refractivity contribution in [3.05, 3.63) is 71.3 Å². The third-order valence-corrected chi connectivity index (χ3v) is 4.83. The van der Waals surface area contributed by atoms with Gasteiger partial charge in [0.15, 0.2) is 6.61 Å². The smallest absolute Gasteiger partial charge is 0.338 e. The first-order valence-corrected chi connectivity index (χ1v) is 9.93. The molecule has 1 aliphatic heterocycles. The minimum Gasteiger partial charge on any atom is -0.452 e. The highest BCUT2D eigenvalue weighted by Gasteiger charge is 2.28. The first-order valence-electron chi connectivity index (χ1n) is 9.93. The zero-order valence-electron chi connectivity index (χ0n) is 16.6. The second kappa shape index (κ2) is 10.3. The van der Waals surface area contributed by atoms with Crippen molar-refractivity contribution in [2.45, 2.75) is 32.2 Å². The van der Waals surface area contributed by atoms with Crippen LogP contribution in [0.15, 0.2) is 54.6 Å². The average Bonchev–Trinajstić information content (AvgIpc) is 3.08. The van der Waals surface area contributed by atoms with Gasteiger partial charge in [-0.25, -0.2) is 4.79 Å². The van der Waals surface area contributed by atoms with Crippen molar-refractivity contribution in [2.75, 3.05) is 13.2 Å². The minimum absolute atomic E-state index is 0.182. The van der Waals surface area contributed by atoms with Gasteiger partial charge in [-0.15, -0.1) is 0 Å². The van der Waals surface area contributed by atoms with Crippen LogP contribution >= 0.6 is 0 Å². The first kappa shape index (κ1) is 21.2. The topological polar surface area (TPSA) is 92.8 Å². The number of likely N-dealkylation sites (tertiary alicyclic amines) is 1. The van der Waals surface area contributed by atoms with Gasteiger partial charge in [-0.1, -0.05) is 42.5 Å². The number of esters is 1. The molecule has 156 valence electrons. The van der Waals surface area contributed by atoms with Crippen molar-refractivity contribution < 1.29 is 23.9 Å². The lowest BCUT2D eigenvalue weighted by Gasteiger charge is -2.13. The van der Waals surface area contributed by atoms with E-state index in [9.17, 15) is 19.2 Å². The van der Waals surface area contributed by atoms with Crippen LogP contribution < -0.4 is 5.32 Å². The Morgan fingerprint density at radius 1 is 0.900 bits per heavy atom. The van der Waals surface area contributed by atoms with Gasteiger partial charge in [0, 0.05) is 19.4 Å². The zero-order valence-corrected chi connectivity index (χ0v) is 16.6. The number of amides is 3. The standard InChI is InChI=1S/C23H24N2O5/c26-20(24-14-4-7-17-5-2-1-3-6-17)16-30-23(29)19-10-8-18(9-11-19)15-25-21(27)12-13-22(25)28/h1-3,5-6,8-11H,4,7,12-16H2,(H,24,26). The summed E-state index contributed by atoms with van der Waals surface area (Å²) in [4.78, 5) is 48.5. The van der Waals surface area contributed by atoms with Crippen LogP contribution in [0.5, 0.6) is 0 Å². The van der Waals surface area contributed by atoms with Gasteiger partial charge < -0.3 is 10.1 Å². The molecule has 3 rings (SSSR count). The van der Waals surface area contributed by atoms with Crippen LogP contribution in [0, 0.1) is 0 Å². The molecule has 7 heteroatoms. The second-order valence-corrected chi connectivity index (χ2v) is 7.09. The Labute approximate surface area is 175 Å². The normalized spacial score (nSPS) is 13.4. The van der Waals surface area contributed by atoms with Crippen molar-refractivity contribution in [1.29, 1.82) is 0 Å². The number of hydrogen-bond donors (Lipinski definition) is 1. The fourth-order valence-electron chi connectivity index (χ4n) is 3.16. The summed E-state index contributed by atoms with van der Waals surface area (Å²) in [5.41, 5.74) is 2.25. The highest BCUT2D eigenvalue weighted by Crippen LogP contribution is 2.16. The summed E-state index contributed by atoms with van der Waals surface area (Å²) in [6, 6.07) is 16.4. The van der Waals surface area contributed by atoms with E-state index in [4.69, 9.17) is 4.74 Å². The van der Waals surface area contributed by atoms with E-state index in [0.29, 0.717) is 12.1 Å². The number of imide groups is 1. The summed E-state index contributed by atoms with van der Waals surface area (Å²) in [5.74, 6) is -1.31. The van der Waals surface area contributed by atoms with Crippen LogP contribution in [-0.4, -0.2) is 41.7 Å². The number of ether oxygens (including phenoxy) is 1. The van der Waals surface area contributed by atoms with Crippen LogP contribution in [0.4, 0.5) is 0 Å². The van der Waals surface area contributed by atoms with Gasteiger partial charge in [0.2, 0.25) is 11.8 Å². The summed E-state index contributed by atoms with van der Waals surface area (Å²) < 4.78 is 5.04. The molecule has 30 heavy (non-hydrogen) atoms. The average molecular weight is 408 g/mol. The van der Waals surface area contributed by atoms with Crippen molar-refractivity contribution in [3.63, 3.8) is 0 Å². The summed E-state index contributed by atoms with van der Waals surface area (Å²) in [7, 11) is 0. The Balaban J connectivity index is 1.37.